The van der Waals surface area contributed by atoms with Gasteiger partial charge in [0.15, 0.2) is 0 Å². The highest BCUT2D eigenvalue weighted by atomic mass is 28.3. The van der Waals surface area contributed by atoms with E-state index in [0.29, 0.717) is 18.4 Å². The fourth-order valence-corrected chi connectivity index (χ4v) is 7.70. The fourth-order valence-electron chi connectivity index (χ4n) is 4.19. The predicted octanol–water partition coefficient (Wildman–Crippen LogP) is 7.69. The van der Waals surface area contributed by atoms with E-state index in [1.807, 2.05) is 12.1 Å². The summed E-state index contributed by atoms with van der Waals surface area (Å²) in [6.45, 7) is 13.3. The molecule has 1 aromatic rings. The Morgan fingerprint density at radius 2 is 1.32 bits per heavy atom. The average molecular weight is 418 g/mol. The van der Waals surface area contributed by atoms with Gasteiger partial charge in [-0.1, -0.05) is 86.1 Å². The molecule has 0 atom stereocenters. The summed E-state index contributed by atoms with van der Waals surface area (Å²) in [4.78, 5) is 0. The lowest BCUT2D eigenvalue weighted by Crippen LogP contribution is -2.25. The Morgan fingerprint density at radius 3 is 1.82 bits per heavy atom. The van der Waals surface area contributed by atoms with E-state index in [4.69, 9.17) is 0 Å². The minimum atomic E-state index is -4.42. The van der Waals surface area contributed by atoms with Gasteiger partial charge in [0.05, 0.1) is 21.7 Å². The molecular formula is C23H28F3Si2. The molecule has 0 heterocycles. The van der Waals surface area contributed by atoms with E-state index in [1.54, 1.807) is 0 Å². The first-order valence-corrected chi connectivity index (χ1v) is 16.7. The van der Waals surface area contributed by atoms with E-state index >= 15 is 0 Å². The molecule has 2 aliphatic rings. The van der Waals surface area contributed by atoms with E-state index in [2.05, 4.69) is 63.6 Å². The van der Waals surface area contributed by atoms with Gasteiger partial charge in [-0.3, -0.25) is 0 Å². The van der Waals surface area contributed by atoms with Crippen LogP contribution in [0, 0.1) is 6.07 Å². The molecule has 0 amide bonds. The normalized spacial score (nSPS) is 18.0. The lowest BCUT2D eigenvalue weighted by atomic mass is 9.89. The van der Waals surface area contributed by atoms with Crippen LogP contribution in [0.15, 0.2) is 46.8 Å². The molecule has 149 valence electrons. The topological polar surface area (TPSA) is 0 Å². The van der Waals surface area contributed by atoms with Crippen molar-refractivity contribution in [2.24, 2.45) is 0 Å². The van der Waals surface area contributed by atoms with Crippen LogP contribution in [0.1, 0.15) is 29.5 Å². The second-order valence-corrected chi connectivity index (χ2v) is 19.7. The van der Waals surface area contributed by atoms with Crippen LogP contribution in [0.3, 0.4) is 0 Å². The third-order valence-corrected chi connectivity index (χ3v) is 9.56. The zero-order valence-electron chi connectivity index (χ0n) is 17.5. The van der Waals surface area contributed by atoms with Crippen LogP contribution in [0.4, 0.5) is 13.2 Å². The Morgan fingerprint density at radius 1 is 0.821 bits per heavy atom. The van der Waals surface area contributed by atoms with E-state index in [0.717, 1.165) is 21.9 Å². The monoisotopic (exact) mass is 417 g/mol. The Kier molecular flexibility index (Phi) is 5.30. The first-order valence-electron chi connectivity index (χ1n) is 9.75. The molecule has 0 fully saturated rings. The quantitative estimate of drug-likeness (QED) is 0.441. The van der Waals surface area contributed by atoms with Crippen LogP contribution in [-0.2, 0) is 6.18 Å². The molecule has 0 aliphatic heterocycles. The van der Waals surface area contributed by atoms with Crippen molar-refractivity contribution in [1.82, 2.24) is 0 Å². The standard InChI is InChI=1S/C23H28F3Si2/c1-27(2,3)20-14-8-10-16(20)17-11-7-13-19(23(24,25)26)22(17)18-12-9-15-21(18)28(4,5)6/h7-9,11,14-15H,10,12H2,1-6H3. The number of halogens is 3. The van der Waals surface area contributed by atoms with Crippen LogP contribution >= 0.6 is 0 Å². The molecule has 3 rings (SSSR count). The first-order chi connectivity index (χ1) is 12.8. The summed E-state index contributed by atoms with van der Waals surface area (Å²) in [5.41, 5.74) is 2.43. The second kappa shape index (κ2) is 7.03. The van der Waals surface area contributed by atoms with E-state index in [9.17, 15) is 13.2 Å². The molecule has 0 bridgehead atoms. The molecular weight excluding hydrogens is 389 g/mol. The molecule has 0 N–H and O–H groups in total. The van der Waals surface area contributed by atoms with Crippen LogP contribution in [0.2, 0.25) is 39.3 Å². The summed E-state index contributed by atoms with van der Waals surface area (Å²) in [5, 5.41) is 2.38. The number of hydrogen-bond acceptors (Lipinski definition) is 0. The van der Waals surface area contributed by atoms with Crippen molar-refractivity contribution in [2.75, 3.05) is 0 Å². The van der Waals surface area contributed by atoms with Crippen molar-refractivity contribution < 1.29 is 13.2 Å². The highest BCUT2D eigenvalue weighted by Gasteiger charge is 2.38. The zero-order chi connectivity index (χ0) is 20.9. The SMILES string of the molecule is C[Si](C)(C)C1=C(c2cc[c]c(C(F)(F)F)c2C2=C([Si](C)(C)C)C=CC2)CC=C1. The molecule has 0 spiro atoms. The number of alkyl halides is 3. The van der Waals surface area contributed by atoms with Gasteiger partial charge in [0.25, 0.3) is 0 Å². The first kappa shape index (κ1) is 21.1. The van der Waals surface area contributed by atoms with Gasteiger partial charge in [0.1, 0.15) is 0 Å². The second-order valence-electron chi connectivity index (χ2n) is 9.64. The minimum Gasteiger partial charge on any atom is -0.166 e. The number of allylic oxidation sites excluding steroid dienone is 8. The van der Waals surface area contributed by atoms with Crippen molar-refractivity contribution in [3.8, 4) is 0 Å². The third kappa shape index (κ3) is 3.92. The Hall–Kier alpha value is -1.60. The molecule has 0 saturated carbocycles. The number of rotatable bonds is 4. The number of hydrogen-bond donors (Lipinski definition) is 0. The lowest BCUT2D eigenvalue weighted by Gasteiger charge is -2.26. The van der Waals surface area contributed by atoms with E-state index in [-0.39, 0.29) is 0 Å². The summed E-state index contributed by atoms with van der Waals surface area (Å²) in [7, 11) is -3.45. The summed E-state index contributed by atoms with van der Waals surface area (Å²) in [6, 6.07) is 5.84. The summed E-state index contributed by atoms with van der Waals surface area (Å²) in [6.07, 6.45) is 5.15. The van der Waals surface area contributed by atoms with Crippen LogP contribution in [-0.4, -0.2) is 16.1 Å². The predicted molar refractivity (Wildman–Crippen MR) is 118 cm³/mol. The van der Waals surface area contributed by atoms with Gasteiger partial charge in [0.2, 0.25) is 0 Å². The summed E-state index contributed by atoms with van der Waals surface area (Å²) < 4.78 is 42.1. The molecule has 0 unspecified atom stereocenters. The molecule has 5 heteroatoms. The van der Waals surface area contributed by atoms with Gasteiger partial charge < -0.3 is 0 Å². The van der Waals surface area contributed by atoms with Crippen molar-refractivity contribution >= 4 is 27.3 Å². The van der Waals surface area contributed by atoms with Gasteiger partial charge >= 0.3 is 6.18 Å². The molecule has 0 nitrogen and oxygen atoms in total. The maximum Gasteiger partial charge on any atom is 0.417 e. The zero-order valence-corrected chi connectivity index (χ0v) is 19.5. The Bertz CT molecular complexity index is 915. The summed E-state index contributed by atoms with van der Waals surface area (Å²) in [5.74, 6) is 0. The molecule has 0 aromatic heterocycles. The van der Waals surface area contributed by atoms with E-state index < -0.39 is 27.9 Å². The largest absolute Gasteiger partial charge is 0.417 e. The molecule has 2 aliphatic carbocycles. The molecule has 28 heavy (non-hydrogen) atoms. The minimum absolute atomic E-state index is 0.367. The van der Waals surface area contributed by atoms with Gasteiger partial charge in [-0.15, -0.1) is 0 Å². The Balaban J connectivity index is 2.37. The molecule has 1 radical (unpaired) electrons. The van der Waals surface area contributed by atoms with Crippen LogP contribution in [0.25, 0.3) is 11.1 Å². The maximum absolute atomic E-state index is 14.0. The fraction of sp³-hybridized carbons (Fsp3) is 0.391. The van der Waals surface area contributed by atoms with Gasteiger partial charge in [-0.05, 0) is 41.2 Å². The van der Waals surface area contributed by atoms with Gasteiger partial charge in [-0.25, -0.2) is 0 Å². The molecule has 0 saturated heterocycles. The van der Waals surface area contributed by atoms with Crippen molar-refractivity contribution in [2.45, 2.75) is 58.3 Å². The van der Waals surface area contributed by atoms with Gasteiger partial charge in [-0.2, -0.15) is 13.2 Å². The average Bonchev–Trinajstić information content (AvgIpc) is 3.21. The van der Waals surface area contributed by atoms with Crippen molar-refractivity contribution in [3.05, 3.63) is 69.6 Å². The maximum atomic E-state index is 14.0. The van der Waals surface area contributed by atoms with Crippen LogP contribution in [0.5, 0.6) is 0 Å². The smallest absolute Gasteiger partial charge is 0.166 e. The van der Waals surface area contributed by atoms with Crippen LogP contribution < -0.4 is 0 Å². The van der Waals surface area contributed by atoms with E-state index in [1.165, 1.54) is 11.3 Å². The third-order valence-electron chi connectivity index (χ3n) is 5.39. The van der Waals surface area contributed by atoms with Crippen molar-refractivity contribution in [3.63, 3.8) is 0 Å². The Labute approximate surface area is 168 Å². The summed E-state index contributed by atoms with van der Waals surface area (Å²) >= 11 is 0. The lowest BCUT2D eigenvalue weighted by molar-refractivity contribution is -0.138. The molecule has 1 aromatic carbocycles. The highest BCUT2D eigenvalue weighted by molar-refractivity contribution is 6.85. The van der Waals surface area contributed by atoms with Crippen molar-refractivity contribution in [1.29, 1.82) is 0 Å². The number of benzene rings is 1. The van der Waals surface area contributed by atoms with Gasteiger partial charge in [0, 0.05) is 0 Å². The highest BCUT2D eigenvalue weighted by Crippen LogP contribution is 2.46.